The number of halogens is 1. The van der Waals surface area contributed by atoms with E-state index in [1.807, 2.05) is 74.5 Å². The molecule has 2 amide bonds. The first-order valence-corrected chi connectivity index (χ1v) is 27.2. The molecular weight excluding hydrogens is 994 g/mol. The Hall–Kier alpha value is -6.00. The van der Waals surface area contributed by atoms with Crippen molar-refractivity contribution >= 4 is 63.4 Å². The van der Waals surface area contributed by atoms with Gasteiger partial charge in [-0.25, -0.2) is 9.59 Å². The van der Waals surface area contributed by atoms with Crippen molar-refractivity contribution in [3.05, 3.63) is 77.9 Å². The molecule has 17 heteroatoms. The van der Waals surface area contributed by atoms with E-state index in [1.54, 1.807) is 9.80 Å². The minimum Gasteiger partial charge on any atom is -0.476 e. The van der Waals surface area contributed by atoms with Crippen LogP contribution >= 0.6 is 12.4 Å². The van der Waals surface area contributed by atoms with Gasteiger partial charge in [0.2, 0.25) is 17.6 Å². The van der Waals surface area contributed by atoms with E-state index in [2.05, 4.69) is 88.3 Å². The molecule has 0 aliphatic carbocycles. The molecule has 3 aliphatic heterocycles. The van der Waals surface area contributed by atoms with Crippen molar-refractivity contribution in [3.8, 4) is 17.6 Å². The van der Waals surface area contributed by atoms with Crippen LogP contribution in [0.5, 0.6) is 17.6 Å². The van der Waals surface area contributed by atoms with E-state index in [4.69, 9.17) is 39.0 Å². The molecule has 9 rings (SSSR count). The van der Waals surface area contributed by atoms with Gasteiger partial charge in [0.15, 0.2) is 0 Å². The minimum atomic E-state index is -0.471. The molecule has 6 aromatic rings. The smallest absolute Gasteiger partial charge is 0.410 e. The second kappa shape index (κ2) is 28.6. The lowest BCUT2D eigenvalue weighted by Gasteiger charge is -2.33. The van der Waals surface area contributed by atoms with Crippen LogP contribution < -0.4 is 19.5 Å². The zero-order chi connectivity index (χ0) is 53.2. The van der Waals surface area contributed by atoms with Gasteiger partial charge in [0, 0.05) is 26.2 Å². The van der Waals surface area contributed by atoms with Crippen molar-refractivity contribution in [1.82, 2.24) is 44.5 Å². The van der Waals surface area contributed by atoms with E-state index in [0.717, 1.165) is 103 Å². The second-order valence-corrected chi connectivity index (χ2v) is 21.3. The molecule has 0 bridgehead atoms. The van der Waals surface area contributed by atoms with Crippen LogP contribution in [-0.2, 0) is 22.3 Å². The van der Waals surface area contributed by atoms with Crippen molar-refractivity contribution in [2.24, 2.45) is 0 Å². The van der Waals surface area contributed by atoms with Crippen molar-refractivity contribution in [2.75, 3.05) is 59.1 Å². The van der Waals surface area contributed by atoms with Gasteiger partial charge >= 0.3 is 12.2 Å². The lowest BCUT2D eigenvalue weighted by molar-refractivity contribution is 0.0175. The summed E-state index contributed by atoms with van der Waals surface area (Å²) < 4.78 is 34.6. The van der Waals surface area contributed by atoms with E-state index >= 15 is 0 Å². The van der Waals surface area contributed by atoms with Crippen LogP contribution in [0.2, 0.25) is 0 Å². The Kier molecular flexibility index (Phi) is 23.6. The minimum absolute atomic E-state index is 0. The average Bonchev–Trinajstić information content (AvgIpc) is 4.07. The summed E-state index contributed by atoms with van der Waals surface area (Å²) >= 11 is 0. The lowest BCUT2D eigenvalue weighted by Crippen LogP contribution is -2.42. The van der Waals surface area contributed by atoms with Gasteiger partial charge in [-0.1, -0.05) is 59.6 Å². The molecule has 0 radical (unpaired) electrons. The largest absolute Gasteiger partial charge is 0.476 e. The Morgan fingerprint density at radius 2 is 0.896 bits per heavy atom. The van der Waals surface area contributed by atoms with Gasteiger partial charge in [0.05, 0.1) is 70.7 Å². The highest BCUT2D eigenvalue weighted by molar-refractivity contribution is 5.88. The Bertz CT molecular complexity index is 2820. The van der Waals surface area contributed by atoms with E-state index in [0.29, 0.717) is 63.8 Å². The molecule has 426 valence electrons. The zero-order valence-corrected chi connectivity index (χ0v) is 47.4. The van der Waals surface area contributed by atoms with Crippen molar-refractivity contribution < 1.29 is 33.3 Å². The molecule has 0 saturated carbocycles. The molecule has 1 N–H and O–H groups in total. The standard InChI is InChI=1S/C21H31N3O3.C21H29N3O3.C16H23N3O.2CH4.ClH/c2*1-6-15-8-9-18-17(14-15)19(26-7-2)22-24(18)16-10-12-23(13-11-16)20(25)27-21(3,4)5;1-3-12-5-6-15-14(11-12)16(20-4-2)18-19(15)13-7-9-17-10-8-13;;;/h8-9,14,16H,6-7,10-13H2,1-5H3;6,8-9,14,16H,1,7,10-13H2,2-5H3;5-6,11,13,17H,3-4,7-10H2,1-2H3;2*1H4;1H. The highest BCUT2D eigenvalue weighted by Gasteiger charge is 2.31. The second-order valence-electron chi connectivity index (χ2n) is 21.3. The SMILES string of the molecule is C.C.C=Cc1ccc2c(c1)c(OCC)nn2C1CCN(C(=O)OC(C)(C)C)CC1.CCOc1nn(C2CCN(C(=O)OC(C)(C)C)CC2)c2ccc(CC)cc12.CCOc1nn(C2CCNCC2)c2ccc(CC)cc12.Cl. The third-order valence-corrected chi connectivity index (χ3v) is 13.6. The summed E-state index contributed by atoms with van der Waals surface area (Å²) in [5, 5.41) is 20.9. The van der Waals surface area contributed by atoms with Gasteiger partial charge in [-0.15, -0.1) is 27.7 Å². The van der Waals surface area contributed by atoms with Crippen LogP contribution in [-0.4, -0.2) is 122 Å². The van der Waals surface area contributed by atoms with Gasteiger partial charge in [-0.05, 0) is 180 Å². The number of amides is 2. The number of aryl methyl sites for hydroxylation is 2. The fraction of sp³-hybridized carbons (Fsp3) is 0.583. The monoisotopic (exact) mass is 1090 g/mol. The molecule has 3 aromatic heterocycles. The number of benzene rings is 3. The van der Waals surface area contributed by atoms with E-state index in [-0.39, 0.29) is 51.5 Å². The van der Waals surface area contributed by atoms with Crippen LogP contribution in [0, 0.1) is 0 Å². The molecule has 16 nitrogen and oxygen atoms in total. The summed E-state index contributed by atoms with van der Waals surface area (Å²) in [6, 6.07) is 20.3. The number of fused-ring (bicyclic) bond motifs is 3. The van der Waals surface area contributed by atoms with Crippen molar-refractivity contribution in [3.63, 3.8) is 0 Å². The highest BCUT2D eigenvalue weighted by atomic mass is 35.5. The molecular formula is C60H92ClN9O7. The third-order valence-electron chi connectivity index (χ3n) is 13.6. The molecule has 0 unspecified atom stereocenters. The summed E-state index contributed by atoms with van der Waals surface area (Å²) in [6.45, 7) is 32.1. The normalized spacial score (nSPS) is 15.5. The fourth-order valence-electron chi connectivity index (χ4n) is 9.87. The molecule has 3 fully saturated rings. The van der Waals surface area contributed by atoms with Gasteiger partial charge in [0.1, 0.15) is 11.2 Å². The molecule has 6 heterocycles. The molecule has 77 heavy (non-hydrogen) atoms. The van der Waals surface area contributed by atoms with Crippen LogP contribution in [0.3, 0.4) is 0 Å². The number of hydrogen-bond acceptors (Lipinski definition) is 11. The molecule has 3 aliphatic rings. The maximum absolute atomic E-state index is 12.3. The first-order chi connectivity index (χ1) is 35.5. The predicted molar refractivity (Wildman–Crippen MR) is 316 cm³/mol. The number of ether oxygens (including phenoxy) is 5. The van der Waals surface area contributed by atoms with Crippen LogP contribution in [0.15, 0.2) is 61.2 Å². The number of nitrogens with zero attached hydrogens (tertiary/aromatic N) is 8. The van der Waals surface area contributed by atoms with Crippen molar-refractivity contribution in [2.45, 2.75) is 172 Å². The number of likely N-dealkylation sites (tertiary alicyclic amines) is 2. The van der Waals surface area contributed by atoms with Crippen molar-refractivity contribution in [1.29, 1.82) is 0 Å². The summed E-state index contributed by atoms with van der Waals surface area (Å²) in [5.41, 5.74) is 6.09. The van der Waals surface area contributed by atoms with Gasteiger partial charge < -0.3 is 38.8 Å². The first-order valence-electron chi connectivity index (χ1n) is 27.2. The maximum Gasteiger partial charge on any atom is 0.410 e. The third kappa shape index (κ3) is 16.1. The average molecular weight is 1090 g/mol. The Balaban J connectivity index is 0.000000247. The topological polar surface area (TPSA) is 152 Å². The number of nitrogens with one attached hydrogen (secondary N) is 1. The predicted octanol–water partition coefficient (Wildman–Crippen LogP) is 13.8. The van der Waals surface area contributed by atoms with E-state index < -0.39 is 11.2 Å². The number of carbonyl (C=O) groups excluding carboxylic acids is 2. The van der Waals surface area contributed by atoms with Gasteiger partial charge in [-0.3, -0.25) is 14.0 Å². The first kappa shape index (κ1) is 63.5. The maximum atomic E-state index is 12.3. The quantitative estimate of drug-likeness (QED) is 0.125. The van der Waals surface area contributed by atoms with Crippen LogP contribution in [0.4, 0.5) is 9.59 Å². The molecule has 3 aromatic carbocycles. The number of hydrogen-bond donors (Lipinski definition) is 1. The Morgan fingerprint density at radius 1 is 0.558 bits per heavy atom. The molecule has 0 spiro atoms. The highest BCUT2D eigenvalue weighted by Crippen LogP contribution is 2.36. The Morgan fingerprint density at radius 3 is 1.22 bits per heavy atom. The van der Waals surface area contributed by atoms with Crippen LogP contribution in [0.1, 0.15) is 164 Å². The zero-order valence-electron chi connectivity index (χ0n) is 46.6. The number of carbonyl (C=O) groups is 2. The number of aromatic nitrogens is 6. The molecule has 3 saturated heterocycles. The summed E-state index contributed by atoms with van der Waals surface area (Å²) in [7, 11) is 0. The fourth-order valence-corrected chi connectivity index (χ4v) is 9.87. The summed E-state index contributed by atoms with van der Waals surface area (Å²) in [5.74, 6) is 2.15. The van der Waals surface area contributed by atoms with E-state index in [9.17, 15) is 9.59 Å². The summed E-state index contributed by atoms with van der Waals surface area (Å²) in [6.07, 6.45) is 9.05. The number of rotatable bonds is 12. The van der Waals surface area contributed by atoms with Gasteiger partial charge in [0.25, 0.3) is 0 Å². The van der Waals surface area contributed by atoms with Gasteiger partial charge in [-0.2, -0.15) is 0 Å². The molecule has 0 atom stereocenters. The van der Waals surface area contributed by atoms with E-state index in [1.165, 1.54) is 16.6 Å². The lowest BCUT2D eigenvalue weighted by atomic mass is 10.0. The Labute approximate surface area is 465 Å². The summed E-state index contributed by atoms with van der Waals surface area (Å²) in [4.78, 5) is 28.2. The number of piperidine rings is 3. The van der Waals surface area contributed by atoms with Crippen LogP contribution in [0.25, 0.3) is 38.8 Å².